The molecule has 2 aromatic rings. The number of para-hydroxylation sites is 1. The fraction of sp³-hybridized carbons (Fsp3) is 0.529. The van der Waals surface area contributed by atoms with Crippen molar-refractivity contribution in [2.45, 2.75) is 37.9 Å². The van der Waals surface area contributed by atoms with Gasteiger partial charge >= 0.3 is 0 Å². The van der Waals surface area contributed by atoms with E-state index in [0.29, 0.717) is 13.2 Å². The Morgan fingerprint density at radius 2 is 2.17 bits per heavy atom. The van der Waals surface area contributed by atoms with E-state index in [0.717, 1.165) is 41.9 Å². The zero-order valence-electron chi connectivity index (χ0n) is 13.7. The van der Waals surface area contributed by atoms with Gasteiger partial charge in [-0.25, -0.2) is 0 Å². The van der Waals surface area contributed by atoms with Crippen LogP contribution < -0.4 is 0 Å². The number of aryl methyl sites for hydroxylation is 2. The lowest BCUT2D eigenvalue weighted by Gasteiger charge is -2.12. The Kier molecular flexibility index (Phi) is 5.70. The topological polar surface area (TPSA) is 49.2 Å². The summed E-state index contributed by atoms with van der Waals surface area (Å²) in [6, 6.07) is 8.29. The second kappa shape index (κ2) is 7.95. The van der Waals surface area contributed by atoms with E-state index in [1.165, 1.54) is 5.56 Å². The van der Waals surface area contributed by atoms with Crippen LogP contribution in [-0.4, -0.2) is 46.4 Å². The van der Waals surface area contributed by atoms with E-state index in [2.05, 4.69) is 33.8 Å². The molecule has 0 unspecified atom stereocenters. The summed E-state index contributed by atoms with van der Waals surface area (Å²) in [7, 11) is 0. The monoisotopic (exact) mass is 333 g/mol. The molecular weight excluding hydrogens is 310 g/mol. The van der Waals surface area contributed by atoms with E-state index in [1.54, 1.807) is 11.8 Å². The maximum absolute atomic E-state index is 5.71. The standard InChI is InChI=1S/C17H23N3O2S/c1-13-6-3-4-8-16(13)20-14(2)18-19-17(20)23-11-10-21-12-15-7-5-9-22-15/h3-4,6,8,15H,5,7,9-12H2,1-2H3/t15-/m1/s1. The van der Waals surface area contributed by atoms with Crippen LogP contribution >= 0.6 is 11.8 Å². The van der Waals surface area contributed by atoms with Crippen LogP contribution in [0.1, 0.15) is 24.2 Å². The maximum atomic E-state index is 5.71. The number of ether oxygens (including phenoxy) is 2. The van der Waals surface area contributed by atoms with Gasteiger partial charge in [0.05, 0.1) is 25.0 Å². The van der Waals surface area contributed by atoms with Crippen LogP contribution in [0.25, 0.3) is 5.69 Å². The molecule has 1 aliphatic heterocycles. The van der Waals surface area contributed by atoms with Gasteiger partial charge in [-0.2, -0.15) is 0 Å². The molecule has 0 amide bonds. The summed E-state index contributed by atoms with van der Waals surface area (Å²) >= 11 is 1.68. The first kappa shape index (κ1) is 16.5. The van der Waals surface area contributed by atoms with Gasteiger partial charge in [-0.05, 0) is 38.3 Å². The number of thioether (sulfide) groups is 1. The lowest BCUT2D eigenvalue weighted by atomic mass is 10.2. The van der Waals surface area contributed by atoms with Crippen molar-refractivity contribution in [3.8, 4) is 5.69 Å². The molecule has 0 radical (unpaired) electrons. The van der Waals surface area contributed by atoms with Crippen molar-refractivity contribution in [3.05, 3.63) is 35.7 Å². The Morgan fingerprint density at radius 1 is 1.30 bits per heavy atom. The molecule has 124 valence electrons. The normalized spacial score (nSPS) is 17.7. The summed E-state index contributed by atoms with van der Waals surface area (Å²) < 4.78 is 13.4. The second-order valence-electron chi connectivity index (χ2n) is 5.71. The largest absolute Gasteiger partial charge is 0.378 e. The number of benzene rings is 1. The summed E-state index contributed by atoms with van der Waals surface area (Å²) in [5.41, 5.74) is 2.35. The third kappa shape index (κ3) is 4.13. The number of hydrogen-bond acceptors (Lipinski definition) is 5. The molecule has 1 aliphatic rings. The number of rotatable bonds is 7. The van der Waals surface area contributed by atoms with Crippen LogP contribution in [0.3, 0.4) is 0 Å². The van der Waals surface area contributed by atoms with Crippen molar-refractivity contribution in [2.75, 3.05) is 25.6 Å². The first-order valence-corrected chi connectivity index (χ1v) is 9.04. The molecule has 3 rings (SSSR count). The van der Waals surface area contributed by atoms with Gasteiger partial charge < -0.3 is 9.47 Å². The van der Waals surface area contributed by atoms with E-state index in [1.807, 2.05) is 19.1 Å². The minimum Gasteiger partial charge on any atom is -0.378 e. The molecule has 1 atom stereocenters. The molecule has 0 bridgehead atoms. The fourth-order valence-corrected chi connectivity index (χ4v) is 3.55. The van der Waals surface area contributed by atoms with Crippen LogP contribution in [0.5, 0.6) is 0 Å². The van der Waals surface area contributed by atoms with Gasteiger partial charge in [0.15, 0.2) is 5.16 Å². The molecular formula is C17H23N3O2S. The van der Waals surface area contributed by atoms with Crippen LogP contribution in [0, 0.1) is 13.8 Å². The Labute approximate surface area is 141 Å². The Balaban J connectivity index is 1.55. The molecule has 0 spiro atoms. The number of nitrogens with zero attached hydrogens (tertiary/aromatic N) is 3. The SMILES string of the molecule is Cc1ccccc1-n1c(C)nnc1SCCOC[C@H]1CCCO1. The van der Waals surface area contributed by atoms with Crippen molar-refractivity contribution in [1.82, 2.24) is 14.8 Å². The van der Waals surface area contributed by atoms with Gasteiger partial charge in [-0.3, -0.25) is 4.57 Å². The molecule has 0 aliphatic carbocycles. The molecule has 1 saturated heterocycles. The van der Waals surface area contributed by atoms with E-state index >= 15 is 0 Å². The Bertz CT molecular complexity index is 639. The zero-order valence-corrected chi connectivity index (χ0v) is 14.5. The molecule has 0 N–H and O–H groups in total. The zero-order chi connectivity index (χ0) is 16.1. The van der Waals surface area contributed by atoms with Crippen LogP contribution in [0.2, 0.25) is 0 Å². The van der Waals surface area contributed by atoms with Crippen LogP contribution in [0.15, 0.2) is 29.4 Å². The minimum absolute atomic E-state index is 0.290. The van der Waals surface area contributed by atoms with Crippen molar-refractivity contribution in [3.63, 3.8) is 0 Å². The first-order chi connectivity index (χ1) is 11.3. The van der Waals surface area contributed by atoms with E-state index in [4.69, 9.17) is 9.47 Å². The van der Waals surface area contributed by atoms with Crippen molar-refractivity contribution in [1.29, 1.82) is 0 Å². The van der Waals surface area contributed by atoms with E-state index < -0.39 is 0 Å². The molecule has 5 nitrogen and oxygen atoms in total. The summed E-state index contributed by atoms with van der Waals surface area (Å²) in [5, 5.41) is 9.45. The molecule has 2 heterocycles. The van der Waals surface area contributed by atoms with E-state index in [-0.39, 0.29) is 6.10 Å². The fourth-order valence-electron chi connectivity index (χ4n) is 2.71. The summed E-state index contributed by atoms with van der Waals surface area (Å²) in [6.45, 7) is 6.36. The summed E-state index contributed by atoms with van der Waals surface area (Å²) in [5.74, 6) is 1.76. The smallest absolute Gasteiger partial charge is 0.195 e. The number of hydrogen-bond donors (Lipinski definition) is 0. The third-order valence-corrected chi connectivity index (χ3v) is 4.83. The molecule has 1 fully saturated rings. The van der Waals surface area contributed by atoms with Gasteiger partial charge in [-0.15, -0.1) is 10.2 Å². The molecule has 23 heavy (non-hydrogen) atoms. The Hall–Kier alpha value is -1.37. The number of aromatic nitrogens is 3. The quantitative estimate of drug-likeness (QED) is 0.575. The van der Waals surface area contributed by atoms with Gasteiger partial charge in [0, 0.05) is 12.4 Å². The highest BCUT2D eigenvalue weighted by Gasteiger charge is 2.16. The minimum atomic E-state index is 0.290. The van der Waals surface area contributed by atoms with Gasteiger partial charge in [0.2, 0.25) is 0 Å². The maximum Gasteiger partial charge on any atom is 0.195 e. The molecule has 6 heteroatoms. The summed E-state index contributed by atoms with van der Waals surface area (Å²) in [4.78, 5) is 0. The average molecular weight is 333 g/mol. The van der Waals surface area contributed by atoms with Gasteiger partial charge in [-0.1, -0.05) is 30.0 Å². The highest BCUT2D eigenvalue weighted by Crippen LogP contribution is 2.23. The lowest BCUT2D eigenvalue weighted by Crippen LogP contribution is -2.15. The van der Waals surface area contributed by atoms with Crippen molar-refractivity contribution >= 4 is 11.8 Å². The predicted octanol–water partition coefficient (Wildman–Crippen LogP) is 3.17. The van der Waals surface area contributed by atoms with Crippen molar-refractivity contribution in [2.24, 2.45) is 0 Å². The average Bonchev–Trinajstić information content (AvgIpc) is 3.18. The second-order valence-corrected chi connectivity index (χ2v) is 6.77. The van der Waals surface area contributed by atoms with Gasteiger partial charge in [0.1, 0.15) is 5.82 Å². The lowest BCUT2D eigenvalue weighted by molar-refractivity contribution is 0.0226. The van der Waals surface area contributed by atoms with Crippen LogP contribution in [0.4, 0.5) is 0 Å². The highest BCUT2D eigenvalue weighted by molar-refractivity contribution is 7.99. The highest BCUT2D eigenvalue weighted by atomic mass is 32.2. The molecule has 1 aromatic carbocycles. The van der Waals surface area contributed by atoms with Crippen molar-refractivity contribution < 1.29 is 9.47 Å². The van der Waals surface area contributed by atoms with Crippen LogP contribution in [-0.2, 0) is 9.47 Å². The predicted molar refractivity (Wildman–Crippen MR) is 91.4 cm³/mol. The first-order valence-electron chi connectivity index (χ1n) is 8.06. The summed E-state index contributed by atoms with van der Waals surface area (Å²) in [6.07, 6.45) is 2.56. The molecule has 0 saturated carbocycles. The third-order valence-electron chi connectivity index (χ3n) is 3.94. The van der Waals surface area contributed by atoms with E-state index in [9.17, 15) is 0 Å². The van der Waals surface area contributed by atoms with Gasteiger partial charge in [0.25, 0.3) is 0 Å². The molecule has 1 aromatic heterocycles. The Morgan fingerprint density at radius 3 is 2.96 bits per heavy atom.